The lowest BCUT2D eigenvalue weighted by molar-refractivity contribution is 0.0732. The quantitative estimate of drug-likeness (QED) is 0.766. The number of amides is 1. The minimum atomic E-state index is 0.210. The molecule has 1 amide bonds. The first-order valence-electron chi connectivity index (χ1n) is 7.47. The van der Waals surface area contributed by atoms with Crippen LogP contribution >= 0.6 is 11.3 Å². The zero-order valence-electron chi connectivity index (χ0n) is 12.5. The molecule has 2 nitrogen and oxygen atoms in total. The molecule has 1 atom stereocenters. The SMILES string of the molecule is CCCc1sc(C(=O)N(C)C(C)C2CC2)cc1CC. The molecule has 0 aromatic carbocycles. The van der Waals surface area contributed by atoms with Crippen LogP contribution in [-0.2, 0) is 12.8 Å². The maximum atomic E-state index is 12.5. The molecule has 3 heteroatoms. The summed E-state index contributed by atoms with van der Waals surface area (Å²) in [5.74, 6) is 0.941. The van der Waals surface area contributed by atoms with E-state index in [0.717, 1.165) is 30.1 Å². The van der Waals surface area contributed by atoms with Crippen molar-refractivity contribution in [2.24, 2.45) is 5.92 Å². The predicted octanol–water partition coefficient (Wildman–Crippen LogP) is 4.13. The molecule has 1 aromatic heterocycles. The highest BCUT2D eigenvalue weighted by atomic mass is 32.1. The van der Waals surface area contributed by atoms with E-state index in [1.807, 2.05) is 11.9 Å². The van der Waals surface area contributed by atoms with Crippen molar-refractivity contribution < 1.29 is 4.79 Å². The molecule has 0 bridgehead atoms. The summed E-state index contributed by atoms with van der Waals surface area (Å²) < 4.78 is 0. The van der Waals surface area contributed by atoms with Crippen molar-refractivity contribution in [3.63, 3.8) is 0 Å². The minimum Gasteiger partial charge on any atom is -0.338 e. The van der Waals surface area contributed by atoms with Gasteiger partial charge in [-0.2, -0.15) is 0 Å². The van der Waals surface area contributed by atoms with Crippen LogP contribution in [0.5, 0.6) is 0 Å². The second kappa shape index (κ2) is 6.08. The number of hydrogen-bond donors (Lipinski definition) is 0. The summed E-state index contributed by atoms with van der Waals surface area (Å²) in [4.78, 5) is 16.8. The molecule has 0 radical (unpaired) electrons. The van der Waals surface area contributed by atoms with Gasteiger partial charge in [-0.1, -0.05) is 20.3 Å². The van der Waals surface area contributed by atoms with Gasteiger partial charge in [-0.3, -0.25) is 4.79 Å². The molecule has 1 aromatic rings. The highest BCUT2D eigenvalue weighted by Crippen LogP contribution is 2.35. The van der Waals surface area contributed by atoms with Gasteiger partial charge in [0.25, 0.3) is 5.91 Å². The monoisotopic (exact) mass is 279 g/mol. The van der Waals surface area contributed by atoms with Crippen molar-refractivity contribution in [1.82, 2.24) is 4.90 Å². The molecule has 106 valence electrons. The summed E-state index contributed by atoms with van der Waals surface area (Å²) in [7, 11) is 1.95. The van der Waals surface area contributed by atoms with Gasteiger partial charge < -0.3 is 4.90 Å². The van der Waals surface area contributed by atoms with E-state index in [1.54, 1.807) is 11.3 Å². The fourth-order valence-corrected chi connectivity index (χ4v) is 3.90. The normalized spacial score (nSPS) is 16.4. The van der Waals surface area contributed by atoms with Crippen LogP contribution in [0.15, 0.2) is 6.07 Å². The van der Waals surface area contributed by atoms with E-state index in [4.69, 9.17) is 0 Å². The lowest BCUT2D eigenvalue weighted by Crippen LogP contribution is -2.35. The van der Waals surface area contributed by atoms with Gasteiger partial charge in [-0.25, -0.2) is 0 Å². The Labute approximate surface area is 120 Å². The van der Waals surface area contributed by atoms with Crippen LogP contribution in [0.2, 0.25) is 0 Å². The summed E-state index contributed by atoms with van der Waals surface area (Å²) in [6.07, 6.45) is 5.84. The third-order valence-electron chi connectivity index (χ3n) is 4.20. The first-order valence-corrected chi connectivity index (χ1v) is 8.28. The summed E-state index contributed by atoms with van der Waals surface area (Å²) in [6, 6.07) is 2.50. The molecule has 0 aliphatic heterocycles. The minimum absolute atomic E-state index is 0.210. The molecule has 2 rings (SSSR count). The van der Waals surface area contributed by atoms with Gasteiger partial charge in [-0.05, 0) is 50.2 Å². The van der Waals surface area contributed by atoms with Crippen LogP contribution in [0.4, 0.5) is 0 Å². The number of carbonyl (C=O) groups is 1. The number of aryl methyl sites for hydroxylation is 2. The van der Waals surface area contributed by atoms with E-state index in [1.165, 1.54) is 23.3 Å². The van der Waals surface area contributed by atoms with E-state index >= 15 is 0 Å². The Morgan fingerprint density at radius 3 is 2.68 bits per heavy atom. The maximum Gasteiger partial charge on any atom is 0.263 e. The van der Waals surface area contributed by atoms with Gasteiger partial charge >= 0.3 is 0 Å². The highest BCUT2D eigenvalue weighted by Gasteiger charge is 2.33. The molecule has 19 heavy (non-hydrogen) atoms. The smallest absolute Gasteiger partial charge is 0.263 e. The van der Waals surface area contributed by atoms with Crippen molar-refractivity contribution >= 4 is 17.2 Å². The lowest BCUT2D eigenvalue weighted by Gasteiger charge is -2.24. The Hall–Kier alpha value is -0.830. The fraction of sp³-hybridized carbons (Fsp3) is 0.688. The van der Waals surface area contributed by atoms with Gasteiger partial charge in [-0.15, -0.1) is 11.3 Å². The van der Waals surface area contributed by atoms with Gasteiger partial charge in [0.05, 0.1) is 4.88 Å². The Morgan fingerprint density at radius 1 is 1.47 bits per heavy atom. The molecule has 1 saturated carbocycles. The van der Waals surface area contributed by atoms with Crippen LogP contribution in [0.25, 0.3) is 0 Å². The number of rotatable bonds is 6. The number of thiophene rings is 1. The molecule has 0 N–H and O–H groups in total. The first-order chi connectivity index (χ1) is 9.08. The largest absolute Gasteiger partial charge is 0.338 e. The zero-order valence-corrected chi connectivity index (χ0v) is 13.3. The first kappa shape index (κ1) is 14.6. The molecular formula is C16H25NOS. The van der Waals surface area contributed by atoms with Crippen LogP contribution in [0.1, 0.15) is 60.1 Å². The Bertz CT molecular complexity index is 448. The average Bonchev–Trinajstić information content (AvgIpc) is 3.18. The molecule has 1 unspecified atom stereocenters. The van der Waals surface area contributed by atoms with Crippen LogP contribution in [-0.4, -0.2) is 23.9 Å². The van der Waals surface area contributed by atoms with Crippen LogP contribution in [0.3, 0.4) is 0 Å². The predicted molar refractivity (Wildman–Crippen MR) is 82.0 cm³/mol. The van der Waals surface area contributed by atoms with Gasteiger partial charge in [0.2, 0.25) is 0 Å². The summed E-state index contributed by atoms with van der Waals surface area (Å²) >= 11 is 1.70. The Balaban J connectivity index is 2.13. The molecule has 1 aliphatic carbocycles. The summed E-state index contributed by atoms with van der Waals surface area (Å²) in [5.41, 5.74) is 1.36. The molecule has 1 heterocycles. The molecule has 1 fully saturated rings. The van der Waals surface area contributed by atoms with Crippen molar-refractivity contribution in [3.05, 3.63) is 21.4 Å². The number of nitrogens with zero attached hydrogens (tertiary/aromatic N) is 1. The van der Waals surface area contributed by atoms with Gasteiger partial charge in [0.15, 0.2) is 0 Å². The van der Waals surface area contributed by atoms with Gasteiger partial charge in [0.1, 0.15) is 0 Å². The second-order valence-corrected chi connectivity index (χ2v) is 6.79. The third kappa shape index (κ3) is 3.19. The van der Waals surface area contributed by atoms with Crippen molar-refractivity contribution in [2.75, 3.05) is 7.05 Å². The highest BCUT2D eigenvalue weighted by molar-refractivity contribution is 7.14. The zero-order chi connectivity index (χ0) is 14.0. The van der Waals surface area contributed by atoms with E-state index in [0.29, 0.717) is 6.04 Å². The maximum absolute atomic E-state index is 12.5. The van der Waals surface area contributed by atoms with Crippen molar-refractivity contribution in [2.45, 2.75) is 58.9 Å². The van der Waals surface area contributed by atoms with E-state index < -0.39 is 0 Å². The van der Waals surface area contributed by atoms with E-state index in [2.05, 4.69) is 26.8 Å². The number of hydrogen-bond acceptors (Lipinski definition) is 2. The molecular weight excluding hydrogens is 254 g/mol. The number of carbonyl (C=O) groups excluding carboxylic acids is 1. The van der Waals surface area contributed by atoms with Crippen LogP contribution in [0, 0.1) is 5.92 Å². The topological polar surface area (TPSA) is 20.3 Å². The Kier molecular flexibility index (Phi) is 4.67. The van der Waals surface area contributed by atoms with Crippen molar-refractivity contribution in [1.29, 1.82) is 0 Å². The summed E-state index contributed by atoms with van der Waals surface area (Å²) in [5, 5.41) is 0. The standard InChI is InChI=1S/C16H25NOS/c1-5-7-14-12(6-2)10-15(19-14)16(18)17(4)11(3)13-8-9-13/h10-11,13H,5-9H2,1-4H3. The Morgan fingerprint density at radius 2 is 2.16 bits per heavy atom. The van der Waals surface area contributed by atoms with Gasteiger partial charge in [0, 0.05) is 18.0 Å². The third-order valence-corrected chi connectivity index (χ3v) is 5.43. The van der Waals surface area contributed by atoms with Crippen LogP contribution < -0.4 is 0 Å². The lowest BCUT2D eigenvalue weighted by atomic mass is 10.1. The fourth-order valence-electron chi connectivity index (χ4n) is 2.56. The van der Waals surface area contributed by atoms with E-state index in [-0.39, 0.29) is 5.91 Å². The summed E-state index contributed by atoms with van der Waals surface area (Å²) in [6.45, 7) is 6.55. The average molecular weight is 279 g/mol. The second-order valence-electron chi connectivity index (χ2n) is 5.66. The molecule has 0 spiro atoms. The van der Waals surface area contributed by atoms with Crippen molar-refractivity contribution in [3.8, 4) is 0 Å². The molecule has 1 aliphatic rings. The van der Waals surface area contributed by atoms with E-state index in [9.17, 15) is 4.79 Å². The molecule has 0 saturated heterocycles.